The van der Waals surface area contributed by atoms with Crippen molar-refractivity contribution in [2.75, 3.05) is 13.7 Å². The highest BCUT2D eigenvalue weighted by atomic mass is 16.5. The van der Waals surface area contributed by atoms with Gasteiger partial charge in [0.2, 0.25) is 5.91 Å². The molecule has 0 bridgehead atoms. The number of rotatable bonds is 7. The zero-order valence-electron chi connectivity index (χ0n) is 17.7. The van der Waals surface area contributed by atoms with Crippen molar-refractivity contribution < 1.29 is 14.3 Å². The molecule has 30 heavy (non-hydrogen) atoms. The van der Waals surface area contributed by atoms with Gasteiger partial charge in [0.25, 0.3) is 5.91 Å². The summed E-state index contributed by atoms with van der Waals surface area (Å²) in [6.45, 7) is 2.38. The van der Waals surface area contributed by atoms with Crippen LogP contribution in [0.1, 0.15) is 48.5 Å². The molecular weight excluding hydrogens is 376 g/mol. The molecule has 2 amide bonds. The van der Waals surface area contributed by atoms with Crippen molar-refractivity contribution in [2.24, 2.45) is 0 Å². The Kier molecular flexibility index (Phi) is 7.28. The molecule has 0 radical (unpaired) electrons. The van der Waals surface area contributed by atoms with E-state index in [2.05, 4.69) is 22.8 Å². The molecule has 2 aromatic rings. The lowest BCUT2D eigenvalue weighted by molar-refractivity contribution is -0.117. The van der Waals surface area contributed by atoms with Gasteiger partial charge in [-0.3, -0.25) is 9.59 Å². The van der Waals surface area contributed by atoms with Crippen LogP contribution in [-0.4, -0.2) is 31.5 Å². The van der Waals surface area contributed by atoms with Crippen LogP contribution in [0.25, 0.3) is 0 Å². The number of carbonyl (C=O) groups is 2. The first-order valence-corrected chi connectivity index (χ1v) is 10.5. The van der Waals surface area contributed by atoms with Gasteiger partial charge in [-0.05, 0) is 56.4 Å². The molecule has 0 aliphatic heterocycles. The van der Waals surface area contributed by atoms with Gasteiger partial charge in [0, 0.05) is 18.0 Å². The van der Waals surface area contributed by atoms with E-state index in [9.17, 15) is 9.59 Å². The van der Waals surface area contributed by atoms with Crippen molar-refractivity contribution in [3.63, 3.8) is 0 Å². The minimum atomic E-state index is -0.152. The normalized spacial score (nSPS) is 21.2. The average molecular weight is 407 g/mol. The predicted octanol–water partition coefficient (Wildman–Crippen LogP) is 4.00. The second-order valence-electron chi connectivity index (χ2n) is 7.81. The summed E-state index contributed by atoms with van der Waals surface area (Å²) in [5.74, 6) is 0.393. The monoisotopic (exact) mass is 406 g/mol. The van der Waals surface area contributed by atoms with Crippen molar-refractivity contribution >= 4 is 11.8 Å². The summed E-state index contributed by atoms with van der Waals surface area (Å²) in [5.41, 5.74) is 1.61. The van der Waals surface area contributed by atoms with Crippen LogP contribution in [0.5, 0.6) is 5.75 Å². The molecule has 2 N–H and O–H groups in total. The van der Waals surface area contributed by atoms with Gasteiger partial charge in [-0.25, -0.2) is 0 Å². The van der Waals surface area contributed by atoms with Gasteiger partial charge in [0.1, 0.15) is 5.75 Å². The van der Waals surface area contributed by atoms with Crippen molar-refractivity contribution in [1.29, 1.82) is 0 Å². The number of para-hydroxylation sites is 1. The molecular formula is C25H30N2O3. The van der Waals surface area contributed by atoms with E-state index in [1.165, 1.54) is 5.56 Å². The Morgan fingerprint density at radius 2 is 1.73 bits per heavy atom. The van der Waals surface area contributed by atoms with E-state index >= 15 is 0 Å². The maximum absolute atomic E-state index is 12.9. The summed E-state index contributed by atoms with van der Waals surface area (Å²) in [6.07, 6.45) is 6.85. The molecule has 1 aliphatic rings. The summed E-state index contributed by atoms with van der Waals surface area (Å²) in [5, 5.41) is 6.23. The first kappa shape index (κ1) is 21.6. The molecule has 1 fully saturated rings. The topological polar surface area (TPSA) is 67.4 Å². The third kappa shape index (κ3) is 5.09. The molecule has 1 saturated carbocycles. The molecule has 0 heterocycles. The van der Waals surface area contributed by atoms with Gasteiger partial charge < -0.3 is 15.4 Å². The summed E-state index contributed by atoms with van der Waals surface area (Å²) in [6, 6.07) is 17.8. The number of methoxy groups -OCH3 is 1. The smallest absolute Gasteiger partial charge is 0.255 e. The number of nitrogens with one attached hydrogen (secondary N) is 2. The minimum absolute atomic E-state index is 0.0424. The van der Waals surface area contributed by atoms with Gasteiger partial charge in [0.05, 0.1) is 12.7 Å². The fourth-order valence-electron chi connectivity index (χ4n) is 4.25. The van der Waals surface area contributed by atoms with Crippen LogP contribution in [0.3, 0.4) is 0 Å². The van der Waals surface area contributed by atoms with Gasteiger partial charge >= 0.3 is 0 Å². The van der Waals surface area contributed by atoms with Gasteiger partial charge in [-0.15, -0.1) is 0 Å². The van der Waals surface area contributed by atoms with Crippen molar-refractivity contribution in [1.82, 2.24) is 10.6 Å². The lowest BCUT2D eigenvalue weighted by atomic mass is 9.68. The van der Waals surface area contributed by atoms with Crippen molar-refractivity contribution in [3.8, 4) is 5.75 Å². The summed E-state index contributed by atoms with van der Waals surface area (Å²) in [7, 11) is 1.57. The maximum atomic E-state index is 12.9. The second kappa shape index (κ2) is 10.1. The number of allylic oxidation sites excluding steroid dienone is 1. The molecule has 3 rings (SSSR count). The largest absolute Gasteiger partial charge is 0.496 e. The summed E-state index contributed by atoms with van der Waals surface area (Å²) in [4.78, 5) is 24.8. The van der Waals surface area contributed by atoms with Crippen LogP contribution in [0.2, 0.25) is 0 Å². The minimum Gasteiger partial charge on any atom is -0.496 e. The number of hydrogen-bond acceptors (Lipinski definition) is 3. The Bertz CT molecular complexity index is 884. The summed E-state index contributed by atoms with van der Waals surface area (Å²) >= 11 is 0. The Balaban J connectivity index is 1.73. The highest BCUT2D eigenvalue weighted by Crippen LogP contribution is 2.39. The lowest BCUT2D eigenvalue weighted by Crippen LogP contribution is -2.47. The van der Waals surface area contributed by atoms with Crippen LogP contribution in [0, 0.1) is 0 Å². The molecule has 158 valence electrons. The van der Waals surface area contributed by atoms with Crippen LogP contribution in [0.15, 0.2) is 66.7 Å². The Morgan fingerprint density at radius 3 is 2.40 bits per heavy atom. The molecule has 0 atom stereocenters. The van der Waals surface area contributed by atoms with Crippen LogP contribution < -0.4 is 15.4 Å². The standard InChI is InChI=1S/C25H30N2O3/c1-3-9-23(28)27-20-14-16-25(17-15-20,19-10-5-4-6-11-19)18-26-24(29)21-12-7-8-13-22(21)30-2/h3-13,20H,14-18H2,1-2H3,(H,26,29)(H,27,28)/t20-,25+. The van der Waals surface area contributed by atoms with E-state index in [-0.39, 0.29) is 23.3 Å². The van der Waals surface area contributed by atoms with E-state index in [0.717, 1.165) is 25.7 Å². The fraction of sp³-hybridized carbons (Fsp3) is 0.360. The fourth-order valence-corrected chi connectivity index (χ4v) is 4.25. The van der Waals surface area contributed by atoms with Gasteiger partial charge in [0.15, 0.2) is 0 Å². The van der Waals surface area contributed by atoms with E-state index in [4.69, 9.17) is 4.74 Å². The highest BCUT2D eigenvalue weighted by molar-refractivity contribution is 5.97. The SMILES string of the molecule is CC=CC(=O)N[C@H]1CC[C@@](CNC(=O)c2ccccc2OC)(c2ccccc2)CC1. The molecule has 0 saturated heterocycles. The molecule has 0 aromatic heterocycles. The molecule has 2 aromatic carbocycles. The third-order valence-electron chi connectivity index (χ3n) is 5.93. The number of hydrogen-bond donors (Lipinski definition) is 2. The molecule has 5 nitrogen and oxygen atoms in total. The van der Waals surface area contributed by atoms with Gasteiger partial charge in [-0.2, -0.15) is 0 Å². The summed E-state index contributed by atoms with van der Waals surface area (Å²) < 4.78 is 5.33. The molecule has 5 heteroatoms. The van der Waals surface area contributed by atoms with Crippen molar-refractivity contribution in [3.05, 3.63) is 77.9 Å². The third-order valence-corrected chi connectivity index (χ3v) is 5.93. The zero-order chi connectivity index (χ0) is 21.4. The molecule has 1 aliphatic carbocycles. The van der Waals surface area contributed by atoms with Gasteiger partial charge in [-0.1, -0.05) is 48.5 Å². The van der Waals surface area contributed by atoms with Crippen molar-refractivity contribution in [2.45, 2.75) is 44.1 Å². The predicted molar refractivity (Wildman–Crippen MR) is 119 cm³/mol. The number of amides is 2. The molecule has 0 unspecified atom stereocenters. The Labute approximate surface area is 178 Å². The Hall–Kier alpha value is -3.08. The average Bonchev–Trinajstić information content (AvgIpc) is 2.79. The number of ether oxygens (including phenoxy) is 1. The number of benzene rings is 2. The zero-order valence-corrected chi connectivity index (χ0v) is 17.7. The van der Waals surface area contributed by atoms with E-state index in [0.29, 0.717) is 17.9 Å². The second-order valence-corrected chi connectivity index (χ2v) is 7.81. The first-order chi connectivity index (χ1) is 14.6. The van der Waals surface area contributed by atoms with E-state index in [1.807, 2.05) is 37.3 Å². The van der Waals surface area contributed by atoms with Crippen LogP contribution in [0.4, 0.5) is 0 Å². The quantitative estimate of drug-likeness (QED) is 0.683. The maximum Gasteiger partial charge on any atom is 0.255 e. The molecule has 0 spiro atoms. The Morgan fingerprint density at radius 1 is 1.07 bits per heavy atom. The van der Waals surface area contributed by atoms with E-state index < -0.39 is 0 Å². The van der Waals surface area contributed by atoms with Crippen LogP contribution in [-0.2, 0) is 10.2 Å². The first-order valence-electron chi connectivity index (χ1n) is 10.5. The highest BCUT2D eigenvalue weighted by Gasteiger charge is 2.37. The van der Waals surface area contributed by atoms with Crippen LogP contribution >= 0.6 is 0 Å². The number of carbonyl (C=O) groups excluding carboxylic acids is 2. The van der Waals surface area contributed by atoms with E-state index in [1.54, 1.807) is 31.4 Å². The lowest BCUT2D eigenvalue weighted by Gasteiger charge is -2.41.